The van der Waals surface area contributed by atoms with E-state index in [4.69, 9.17) is 4.74 Å². The molecule has 1 aliphatic rings. The Morgan fingerprint density at radius 1 is 1.39 bits per heavy atom. The molecule has 1 rings (SSSR count). The summed E-state index contributed by atoms with van der Waals surface area (Å²) in [6.07, 6.45) is -0.125. The van der Waals surface area contributed by atoms with Crippen LogP contribution in [-0.4, -0.2) is 53.8 Å². The van der Waals surface area contributed by atoms with Crippen molar-refractivity contribution in [2.75, 3.05) is 25.2 Å². The van der Waals surface area contributed by atoms with E-state index in [9.17, 15) is 9.59 Å². The molecule has 0 aromatic carbocycles. The Hall–Kier alpha value is -0.910. The largest absolute Gasteiger partial charge is 0.469 e. The fourth-order valence-electron chi connectivity index (χ4n) is 1.66. The number of ether oxygens (including phenoxy) is 2. The summed E-state index contributed by atoms with van der Waals surface area (Å²) in [4.78, 5) is 25.0. The predicted molar refractivity (Wildman–Crippen MR) is 70.7 cm³/mol. The molecule has 1 heterocycles. The van der Waals surface area contributed by atoms with Gasteiger partial charge in [0.1, 0.15) is 5.60 Å². The molecular formula is C12H21NO4S. The second kappa shape index (κ2) is 6.31. The van der Waals surface area contributed by atoms with Gasteiger partial charge in [-0.1, -0.05) is 0 Å². The molecule has 1 fully saturated rings. The van der Waals surface area contributed by atoms with Crippen LogP contribution in [0.5, 0.6) is 0 Å². The van der Waals surface area contributed by atoms with E-state index in [1.807, 2.05) is 20.8 Å². The number of hydrogen-bond acceptors (Lipinski definition) is 5. The predicted octanol–water partition coefficient (Wildman–Crippen LogP) is 1.90. The van der Waals surface area contributed by atoms with E-state index in [2.05, 4.69) is 4.74 Å². The Morgan fingerprint density at radius 2 is 2.06 bits per heavy atom. The lowest BCUT2D eigenvalue weighted by Gasteiger charge is -2.35. The Balaban J connectivity index is 2.64. The maximum absolute atomic E-state index is 12.0. The lowest BCUT2D eigenvalue weighted by molar-refractivity contribution is -0.141. The van der Waals surface area contributed by atoms with E-state index in [1.165, 1.54) is 7.11 Å². The van der Waals surface area contributed by atoms with Gasteiger partial charge in [-0.15, -0.1) is 0 Å². The van der Waals surface area contributed by atoms with Crippen LogP contribution >= 0.6 is 11.8 Å². The summed E-state index contributed by atoms with van der Waals surface area (Å²) in [5.41, 5.74) is -0.516. The Kier molecular flexibility index (Phi) is 5.31. The normalized spacial score (nSPS) is 20.4. The van der Waals surface area contributed by atoms with Crippen LogP contribution in [0.1, 0.15) is 27.2 Å². The van der Waals surface area contributed by atoms with Crippen LogP contribution < -0.4 is 0 Å². The molecule has 1 aliphatic heterocycles. The summed E-state index contributed by atoms with van der Waals surface area (Å²) in [5, 5.41) is 0. The summed E-state index contributed by atoms with van der Waals surface area (Å²) >= 11 is 1.74. The van der Waals surface area contributed by atoms with Crippen LogP contribution in [-0.2, 0) is 14.3 Å². The first-order valence-electron chi connectivity index (χ1n) is 5.97. The van der Waals surface area contributed by atoms with Crippen LogP contribution in [0.15, 0.2) is 0 Å². The van der Waals surface area contributed by atoms with Crippen LogP contribution in [0.3, 0.4) is 0 Å². The molecule has 0 aromatic rings. The molecule has 1 amide bonds. The van der Waals surface area contributed by atoms with Crippen molar-refractivity contribution in [3.63, 3.8) is 0 Å². The molecule has 104 valence electrons. The Labute approximate surface area is 112 Å². The highest BCUT2D eigenvalue weighted by Gasteiger charge is 2.32. The number of nitrogens with zero attached hydrogens (tertiary/aromatic N) is 1. The monoisotopic (exact) mass is 275 g/mol. The first kappa shape index (κ1) is 15.1. The number of esters is 1. The summed E-state index contributed by atoms with van der Waals surface area (Å²) < 4.78 is 10.0. The minimum Gasteiger partial charge on any atom is -0.469 e. The van der Waals surface area contributed by atoms with Crippen molar-refractivity contribution >= 4 is 23.8 Å². The lowest BCUT2D eigenvalue weighted by atomic mass is 10.2. The van der Waals surface area contributed by atoms with Crippen LogP contribution in [0.2, 0.25) is 0 Å². The molecule has 0 bridgehead atoms. The van der Waals surface area contributed by atoms with Gasteiger partial charge < -0.3 is 14.4 Å². The van der Waals surface area contributed by atoms with Crippen molar-refractivity contribution in [2.45, 2.75) is 38.8 Å². The van der Waals surface area contributed by atoms with Gasteiger partial charge in [0.2, 0.25) is 0 Å². The third-order valence-corrected chi connectivity index (χ3v) is 3.58. The van der Waals surface area contributed by atoms with E-state index < -0.39 is 5.60 Å². The molecule has 0 saturated carbocycles. The van der Waals surface area contributed by atoms with Gasteiger partial charge in [-0.3, -0.25) is 4.79 Å². The minimum absolute atomic E-state index is 0.133. The molecule has 0 aliphatic carbocycles. The van der Waals surface area contributed by atoms with Gasteiger partial charge in [0.25, 0.3) is 0 Å². The van der Waals surface area contributed by atoms with Crippen LogP contribution in [0, 0.1) is 0 Å². The van der Waals surface area contributed by atoms with E-state index in [0.29, 0.717) is 6.54 Å². The number of thioether (sulfide) groups is 1. The number of amides is 1. The van der Waals surface area contributed by atoms with Crippen molar-refractivity contribution in [3.05, 3.63) is 0 Å². The zero-order valence-electron chi connectivity index (χ0n) is 11.4. The topological polar surface area (TPSA) is 55.8 Å². The van der Waals surface area contributed by atoms with E-state index >= 15 is 0 Å². The first-order chi connectivity index (χ1) is 8.33. The van der Waals surface area contributed by atoms with Gasteiger partial charge in [0.05, 0.1) is 19.6 Å². The molecule has 0 N–H and O–H groups in total. The third kappa shape index (κ3) is 4.76. The third-order valence-electron chi connectivity index (χ3n) is 2.49. The van der Waals surface area contributed by atoms with Crippen LogP contribution in [0.25, 0.3) is 0 Å². The molecule has 0 radical (unpaired) electrons. The van der Waals surface area contributed by atoms with Crippen LogP contribution in [0.4, 0.5) is 4.79 Å². The number of carbonyl (C=O) groups excluding carboxylic acids is 2. The molecule has 5 nitrogen and oxygen atoms in total. The van der Waals surface area contributed by atoms with Gasteiger partial charge in [0.15, 0.2) is 0 Å². The van der Waals surface area contributed by atoms with Gasteiger partial charge in [-0.05, 0) is 20.8 Å². The van der Waals surface area contributed by atoms with Crippen molar-refractivity contribution in [3.8, 4) is 0 Å². The standard InChI is InChI=1S/C12H21NO4S/c1-12(2,3)17-11(15)13-5-6-18-8-9(13)7-10(14)16-4/h9H,5-8H2,1-4H3. The first-order valence-corrected chi connectivity index (χ1v) is 7.13. The van der Waals surface area contributed by atoms with Crippen molar-refractivity contribution < 1.29 is 19.1 Å². The smallest absolute Gasteiger partial charge is 0.410 e. The fraction of sp³-hybridized carbons (Fsp3) is 0.833. The zero-order chi connectivity index (χ0) is 13.8. The maximum Gasteiger partial charge on any atom is 0.410 e. The molecular weight excluding hydrogens is 254 g/mol. The van der Waals surface area contributed by atoms with Gasteiger partial charge in [-0.2, -0.15) is 11.8 Å². The van der Waals surface area contributed by atoms with Gasteiger partial charge in [-0.25, -0.2) is 4.79 Å². The average molecular weight is 275 g/mol. The average Bonchev–Trinajstić information content (AvgIpc) is 2.27. The molecule has 0 aromatic heterocycles. The maximum atomic E-state index is 12.0. The molecule has 6 heteroatoms. The van der Waals surface area contributed by atoms with Crippen molar-refractivity contribution in [2.24, 2.45) is 0 Å². The number of carbonyl (C=O) groups is 2. The van der Waals surface area contributed by atoms with E-state index in [-0.39, 0.29) is 24.5 Å². The Morgan fingerprint density at radius 3 is 2.61 bits per heavy atom. The summed E-state index contributed by atoms with van der Waals surface area (Å²) in [6.45, 7) is 6.11. The second-order valence-corrected chi connectivity index (χ2v) is 6.33. The highest BCUT2D eigenvalue weighted by Crippen LogP contribution is 2.22. The summed E-state index contributed by atoms with van der Waals surface area (Å²) in [7, 11) is 1.36. The minimum atomic E-state index is -0.516. The Bertz CT molecular complexity index is 314. The quantitative estimate of drug-likeness (QED) is 0.720. The molecule has 1 saturated heterocycles. The lowest BCUT2D eigenvalue weighted by Crippen LogP contribution is -2.49. The van der Waals surface area contributed by atoms with Gasteiger partial charge in [0, 0.05) is 18.1 Å². The van der Waals surface area contributed by atoms with Gasteiger partial charge >= 0.3 is 12.1 Å². The summed E-state index contributed by atoms with van der Waals surface area (Å²) in [6, 6.07) is -0.133. The highest BCUT2D eigenvalue weighted by molar-refractivity contribution is 7.99. The summed E-state index contributed by atoms with van der Waals surface area (Å²) in [5.74, 6) is 1.32. The zero-order valence-corrected chi connectivity index (χ0v) is 12.2. The number of rotatable bonds is 2. The van der Waals surface area contributed by atoms with Crippen molar-refractivity contribution in [1.82, 2.24) is 4.90 Å². The molecule has 1 unspecified atom stereocenters. The fourth-order valence-corrected chi connectivity index (χ4v) is 2.72. The van der Waals surface area contributed by atoms with Crippen molar-refractivity contribution in [1.29, 1.82) is 0 Å². The number of methoxy groups -OCH3 is 1. The highest BCUT2D eigenvalue weighted by atomic mass is 32.2. The molecule has 0 spiro atoms. The second-order valence-electron chi connectivity index (χ2n) is 5.18. The van der Waals surface area contributed by atoms with E-state index in [1.54, 1.807) is 16.7 Å². The molecule has 18 heavy (non-hydrogen) atoms. The number of hydrogen-bond donors (Lipinski definition) is 0. The SMILES string of the molecule is COC(=O)CC1CSCCN1C(=O)OC(C)(C)C. The molecule has 1 atom stereocenters. The van der Waals surface area contributed by atoms with E-state index in [0.717, 1.165) is 11.5 Å².